The Kier molecular flexibility index (Phi) is 8.98. The summed E-state index contributed by atoms with van der Waals surface area (Å²) >= 11 is 0. The molecule has 0 spiro atoms. The Morgan fingerprint density at radius 3 is 1.81 bits per heavy atom. The van der Waals surface area contributed by atoms with E-state index in [1.165, 1.54) is 57.8 Å². The second-order valence-corrected chi connectivity index (χ2v) is 8.39. The fraction of sp³-hybridized carbons (Fsp3) is 1.00. The van der Waals surface area contributed by atoms with Gasteiger partial charge in [0.05, 0.1) is 0 Å². The van der Waals surface area contributed by atoms with Crippen LogP contribution in [0.1, 0.15) is 99.3 Å². The molecule has 0 nitrogen and oxygen atoms in total. The van der Waals surface area contributed by atoms with Crippen LogP contribution < -0.4 is 0 Å². The molecule has 0 aromatic carbocycles. The first-order valence-electron chi connectivity index (χ1n) is 9.99. The van der Waals surface area contributed by atoms with Crippen LogP contribution in [0.3, 0.4) is 0 Å². The van der Waals surface area contributed by atoms with Crippen LogP contribution >= 0.6 is 0 Å². The molecule has 0 aromatic heterocycles. The van der Waals surface area contributed by atoms with Gasteiger partial charge in [0, 0.05) is 0 Å². The lowest BCUT2D eigenvalue weighted by atomic mass is 9.70. The highest BCUT2D eigenvalue weighted by atomic mass is 14.3. The van der Waals surface area contributed by atoms with Gasteiger partial charge in [-0.25, -0.2) is 0 Å². The fourth-order valence-electron chi connectivity index (χ4n) is 4.63. The molecule has 0 amide bonds. The zero-order valence-electron chi connectivity index (χ0n) is 15.8. The minimum absolute atomic E-state index is 0.909. The molecule has 2 aliphatic carbocycles. The van der Waals surface area contributed by atoms with Crippen LogP contribution in [0.4, 0.5) is 0 Å². The van der Waals surface area contributed by atoms with Crippen molar-refractivity contribution in [3.8, 4) is 0 Å². The first-order valence-corrected chi connectivity index (χ1v) is 9.99. The lowest BCUT2D eigenvalue weighted by Gasteiger charge is -2.35. The van der Waals surface area contributed by atoms with Crippen molar-refractivity contribution in [2.75, 3.05) is 0 Å². The Morgan fingerprint density at radius 1 is 0.762 bits per heavy atom. The first kappa shape index (κ1) is 19.0. The van der Waals surface area contributed by atoms with Crippen molar-refractivity contribution in [1.82, 2.24) is 0 Å². The van der Waals surface area contributed by atoms with Crippen molar-refractivity contribution < 1.29 is 0 Å². The van der Waals surface area contributed by atoms with Gasteiger partial charge in [-0.15, -0.1) is 0 Å². The minimum Gasteiger partial charge on any atom is -0.0651 e. The van der Waals surface area contributed by atoms with E-state index in [0.29, 0.717) is 0 Å². The predicted molar refractivity (Wildman–Crippen MR) is 96.5 cm³/mol. The molecule has 0 saturated heterocycles. The minimum atomic E-state index is 0.909. The van der Waals surface area contributed by atoms with E-state index in [1.807, 2.05) is 0 Å². The van der Waals surface area contributed by atoms with Crippen LogP contribution in [-0.2, 0) is 0 Å². The van der Waals surface area contributed by atoms with Gasteiger partial charge in [-0.3, -0.25) is 0 Å². The van der Waals surface area contributed by atoms with Crippen molar-refractivity contribution in [1.29, 1.82) is 0 Å². The van der Waals surface area contributed by atoms with Crippen LogP contribution in [0.25, 0.3) is 0 Å². The first-order chi connectivity index (χ1) is 9.99. The second-order valence-electron chi connectivity index (χ2n) is 8.39. The van der Waals surface area contributed by atoms with E-state index in [0.717, 1.165) is 35.5 Å². The van der Waals surface area contributed by atoms with Gasteiger partial charge in [-0.05, 0) is 48.3 Å². The Balaban J connectivity index is 0.000000219. The molecule has 0 bridgehead atoms. The Labute approximate surface area is 135 Å². The summed E-state index contributed by atoms with van der Waals surface area (Å²) in [5, 5.41) is 0. The van der Waals surface area contributed by atoms with Crippen LogP contribution in [-0.4, -0.2) is 0 Å². The molecule has 5 unspecified atom stereocenters. The van der Waals surface area contributed by atoms with E-state index in [-0.39, 0.29) is 0 Å². The van der Waals surface area contributed by atoms with E-state index >= 15 is 0 Å². The third kappa shape index (κ3) is 6.33. The van der Waals surface area contributed by atoms with E-state index in [9.17, 15) is 0 Å². The Morgan fingerprint density at radius 2 is 1.33 bits per heavy atom. The molecule has 126 valence electrons. The average Bonchev–Trinajstić information content (AvgIpc) is 2.48. The molecule has 2 saturated carbocycles. The van der Waals surface area contributed by atoms with Crippen LogP contribution in [0.15, 0.2) is 0 Å². The maximum absolute atomic E-state index is 2.44. The number of rotatable bonds is 3. The SMILES string of the molecule is CCC1CC(C(C)C)CCC1C.CCC1CCCCC1C. The van der Waals surface area contributed by atoms with Crippen LogP contribution in [0.2, 0.25) is 0 Å². The molecule has 2 aliphatic rings. The molecule has 0 aromatic rings. The average molecular weight is 295 g/mol. The fourth-order valence-corrected chi connectivity index (χ4v) is 4.63. The smallest absolute Gasteiger partial charge is 0.0388 e. The topological polar surface area (TPSA) is 0 Å². The molecule has 0 heteroatoms. The van der Waals surface area contributed by atoms with Gasteiger partial charge in [0.2, 0.25) is 0 Å². The molecular formula is C21H42. The Hall–Kier alpha value is 0. The quantitative estimate of drug-likeness (QED) is 0.511. The highest BCUT2D eigenvalue weighted by molar-refractivity contribution is 4.78. The second kappa shape index (κ2) is 9.90. The molecule has 0 heterocycles. The van der Waals surface area contributed by atoms with Gasteiger partial charge in [0.25, 0.3) is 0 Å². The van der Waals surface area contributed by atoms with Gasteiger partial charge in [-0.1, -0.05) is 86.5 Å². The highest BCUT2D eigenvalue weighted by Crippen LogP contribution is 2.38. The van der Waals surface area contributed by atoms with Crippen molar-refractivity contribution >= 4 is 0 Å². The van der Waals surface area contributed by atoms with Crippen molar-refractivity contribution in [2.24, 2.45) is 35.5 Å². The number of hydrogen-bond acceptors (Lipinski definition) is 0. The normalized spacial score (nSPS) is 37.0. The zero-order valence-corrected chi connectivity index (χ0v) is 15.8. The van der Waals surface area contributed by atoms with E-state index in [1.54, 1.807) is 0 Å². The third-order valence-corrected chi connectivity index (χ3v) is 6.68. The summed E-state index contributed by atoms with van der Waals surface area (Å²) in [6.45, 7) is 14.3. The van der Waals surface area contributed by atoms with Crippen molar-refractivity contribution in [2.45, 2.75) is 99.3 Å². The van der Waals surface area contributed by atoms with Crippen LogP contribution in [0, 0.1) is 35.5 Å². The summed E-state index contributed by atoms with van der Waals surface area (Å²) in [4.78, 5) is 0. The maximum atomic E-state index is 2.44. The monoisotopic (exact) mass is 294 g/mol. The van der Waals surface area contributed by atoms with E-state index < -0.39 is 0 Å². The molecule has 5 atom stereocenters. The van der Waals surface area contributed by atoms with Crippen molar-refractivity contribution in [3.63, 3.8) is 0 Å². The molecular weight excluding hydrogens is 252 g/mol. The molecule has 0 radical (unpaired) electrons. The third-order valence-electron chi connectivity index (χ3n) is 6.68. The Bertz CT molecular complexity index is 255. The molecule has 0 N–H and O–H groups in total. The molecule has 2 rings (SSSR count). The predicted octanol–water partition coefficient (Wildman–Crippen LogP) is 7.33. The van der Waals surface area contributed by atoms with E-state index in [4.69, 9.17) is 0 Å². The van der Waals surface area contributed by atoms with Crippen molar-refractivity contribution in [3.05, 3.63) is 0 Å². The summed E-state index contributed by atoms with van der Waals surface area (Å²) in [7, 11) is 0. The van der Waals surface area contributed by atoms with Gasteiger partial charge >= 0.3 is 0 Å². The standard InChI is InChI=1S/C12H24.C9H18/c1-5-11-8-12(9(2)3)7-6-10(11)4;1-3-9-7-5-4-6-8(9)2/h9-12H,5-8H2,1-4H3;8-9H,3-7H2,1-2H3. The van der Waals surface area contributed by atoms with Crippen LogP contribution in [0.5, 0.6) is 0 Å². The van der Waals surface area contributed by atoms with Gasteiger partial charge < -0.3 is 0 Å². The zero-order chi connectivity index (χ0) is 15.8. The summed E-state index contributed by atoms with van der Waals surface area (Å²) in [5.74, 6) is 6.01. The maximum Gasteiger partial charge on any atom is -0.0388 e. The molecule has 21 heavy (non-hydrogen) atoms. The highest BCUT2D eigenvalue weighted by Gasteiger charge is 2.27. The molecule has 0 aliphatic heterocycles. The lowest BCUT2D eigenvalue weighted by molar-refractivity contribution is 0.155. The largest absolute Gasteiger partial charge is 0.0651 e. The summed E-state index contributed by atoms with van der Waals surface area (Å²) < 4.78 is 0. The lowest BCUT2D eigenvalue weighted by Crippen LogP contribution is -2.25. The summed E-state index contributed by atoms with van der Waals surface area (Å²) in [6, 6.07) is 0. The summed E-state index contributed by atoms with van der Waals surface area (Å²) in [6.07, 6.45) is 13.2. The van der Waals surface area contributed by atoms with Gasteiger partial charge in [0.15, 0.2) is 0 Å². The van der Waals surface area contributed by atoms with Gasteiger partial charge in [-0.2, -0.15) is 0 Å². The molecule has 2 fully saturated rings. The number of hydrogen-bond donors (Lipinski definition) is 0. The van der Waals surface area contributed by atoms with E-state index in [2.05, 4.69) is 41.5 Å². The summed E-state index contributed by atoms with van der Waals surface area (Å²) in [5.41, 5.74) is 0. The van der Waals surface area contributed by atoms with Gasteiger partial charge in [0.1, 0.15) is 0 Å².